The van der Waals surface area contributed by atoms with Gasteiger partial charge in [-0.2, -0.15) is 0 Å². The molecule has 0 fully saturated rings. The number of allylic oxidation sites excluding steroid dienone is 2. The Balaban J connectivity index is 2.26. The smallest absolute Gasteiger partial charge is 0.0343 e. The minimum atomic E-state index is 0.985. The lowest BCUT2D eigenvalue weighted by atomic mass is 10.1. The molecule has 1 aromatic rings. The first-order chi connectivity index (χ1) is 5.97. The van der Waals surface area contributed by atoms with Crippen LogP contribution in [0, 0.1) is 0 Å². The Labute approximate surface area is 71.6 Å². The molecule has 60 valence electrons. The Hall–Kier alpha value is -1.57. The molecule has 0 saturated heterocycles. The molecule has 0 radical (unpaired) electrons. The van der Waals surface area contributed by atoms with Crippen molar-refractivity contribution in [2.75, 3.05) is 0 Å². The predicted molar refractivity (Wildman–Crippen MR) is 49.1 cm³/mol. The monoisotopic (exact) mass is 158 g/mol. The quantitative estimate of drug-likeness (QED) is 0.675. The maximum atomic E-state index is 4.07. The van der Waals surface area contributed by atoms with E-state index in [-0.39, 0.29) is 0 Å². The van der Waals surface area contributed by atoms with Crippen molar-refractivity contribution in [3.8, 4) is 0 Å². The lowest BCUT2D eigenvalue weighted by molar-refractivity contribution is 1.12. The normalized spacial score (nSPS) is 15.2. The number of aromatic nitrogens is 1. The number of hydrogen-bond donors (Lipinski definition) is 1. The van der Waals surface area contributed by atoms with E-state index in [9.17, 15) is 0 Å². The highest BCUT2D eigenvalue weighted by molar-refractivity contribution is 5.66. The number of pyridine rings is 1. The second-order valence-electron chi connectivity index (χ2n) is 2.68. The SMILES string of the molecule is C1=CNC=C(c2cccnc2)C1. The van der Waals surface area contributed by atoms with Gasteiger partial charge in [-0.25, -0.2) is 0 Å². The Bertz CT molecular complexity index is 312. The second-order valence-corrected chi connectivity index (χ2v) is 2.68. The molecule has 12 heavy (non-hydrogen) atoms. The van der Waals surface area contributed by atoms with Gasteiger partial charge in [0.1, 0.15) is 0 Å². The van der Waals surface area contributed by atoms with Crippen LogP contribution in [0.5, 0.6) is 0 Å². The summed E-state index contributed by atoms with van der Waals surface area (Å²) in [5.74, 6) is 0. The predicted octanol–water partition coefficient (Wildman–Crippen LogP) is 1.93. The van der Waals surface area contributed by atoms with Gasteiger partial charge in [0, 0.05) is 18.6 Å². The first kappa shape index (κ1) is 7.10. The van der Waals surface area contributed by atoms with Gasteiger partial charge < -0.3 is 5.32 Å². The van der Waals surface area contributed by atoms with Gasteiger partial charge in [0.2, 0.25) is 0 Å². The third-order valence-electron chi connectivity index (χ3n) is 1.84. The summed E-state index contributed by atoms with van der Waals surface area (Å²) in [6, 6.07) is 4.02. The lowest BCUT2D eigenvalue weighted by Gasteiger charge is -2.08. The third kappa shape index (κ3) is 1.37. The number of rotatable bonds is 1. The summed E-state index contributed by atoms with van der Waals surface area (Å²) in [4.78, 5) is 4.07. The molecule has 2 heterocycles. The second kappa shape index (κ2) is 3.22. The summed E-state index contributed by atoms with van der Waals surface area (Å²) in [6.45, 7) is 0. The van der Waals surface area contributed by atoms with Crippen molar-refractivity contribution in [1.82, 2.24) is 10.3 Å². The number of dihydropyridines is 1. The van der Waals surface area contributed by atoms with Crippen LogP contribution < -0.4 is 5.32 Å². The third-order valence-corrected chi connectivity index (χ3v) is 1.84. The fourth-order valence-corrected chi connectivity index (χ4v) is 1.22. The van der Waals surface area contributed by atoms with E-state index in [0.717, 1.165) is 6.42 Å². The fourth-order valence-electron chi connectivity index (χ4n) is 1.22. The van der Waals surface area contributed by atoms with Crippen LogP contribution in [0.25, 0.3) is 5.57 Å². The van der Waals surface area contributed by atoms with Crippen molar-refractivity contribution in [1.29, 1.82) is 0 Å². The molecule has 0 atom stereocenters. The summed E-state index contributed by atoms with van der Waals surface area (Å²) < 4.78 is 0. The molecule has 0 unspecified atom stereocenters. The Morgan fingerprint density at radius 2 is 2.42 bits per heavy atom. The van der Waals surface area contributed by atoms with E-state index in [4.69, 9.17) is 0 Å². The molecule has 1 N–H and O–H groups in total. The van der Waals surface area contributed by atoms with Gasteiger partial charge in [-0.15, -0.1) is 0 Å². The molecule has 0 amide bonds. The average Bonchev–Trinajstić information content (AvgIpc) is 2.21. The van der Waals surface area contributed by atoms with E-state index in [0.29, 0.717) is 0 Å². The average molecular weight is 158 g/mol. The molecule has 0 aliphatic carbocycles. The van der Waals surface area contributed by atoms with E-state index in [1.54, 1.807) is 6.20 Å². The minimum absolute atomic E-state index is 0.985. The Morgan fingerprint density at radius 3 is 3.08 bits per heavy atom. The van der Waals surface area contributed by atoms with E-state index < -0.39 is 0 Å². The summed E-state index contributed by atoms with van der Waals surface area (Å²) in [5.41, 5.74) is 2.47. The van der Waals surface area contributed by atoms with Crippen LogP contribution in [-0.4, -0.2) is 4.98 Å². The minimum Gasteiger partial charge on any atom is -0.368 e. The van der Waals surface area contributed by atoms with Crippen molar-refractivity contribution >= 4 is 5.57 Å². The maximum Gasteiger partial charge on any atom is 0.0343 e. The highest BCUT2D eigenvalue weighted by Crippen LogP contribution is 2.18. The number of nitrogens with one attached hydrogen (secondary N) is 1. The van der Waals surface area contributed by atoms with Crippen molar-refractivity contribution in [2.24, 2.45) is 0 Å². The van der Waals surface area contributed by atoms with Gasteiger partial charge in [-0.3, -0.25) is 4.98 Å². The summed E-state index contributed by atoms with van der Waals surface area (Å²) in [5, 5.41) is 3.06. The lowest BCUT2D eigenvalue weighted by Crippen LogP contribution is -2.00. The topological polar surface area (TPSA) is 24.9 Å². The van der Waals surface area contributed by atoms with E-state index in [1.807, 2.05) is 24.7 Å². The first-order valence-corrected chi connectivity index (χ1v) is 3.97. The molecule has 1 aliphatic heterocycles. The van der Waals surface area contributed by atoms with Crippen LogP contribution in [0.15, 0.2) is 43.0 Å². The summed E-state index contributed by atoms with van der Waals surface area (Å²) >= 11 is 0. The van der Waals surface area contributed by atoms with E-state index in [1.165, 1.54) is 11.1 Å². The van der Waals surface area contributed by atoms with Crippen LogP contribution >= 0.6 is 0 Å². The Kier molecular flexibility index (Phi) is 1.90. The molecule has 0 aromatic carbocycles. The standard InChI is InChI=1S/C10H10N2/c1-3-9(7-11-5-1)10-4-2-6-12-8-10/h1-3,5-8,12H,4H2. The van der Waals surface area contributed by atoms with Gasteiger partial charge in [0.15, 0.2) is 0 Å². The Morgan fingerprint density at radius 1 is 1.42 bits per heavy atom. The molecule has 1 aromatic heterocycles. The van der Waals surface area contributed by atoms with Crippen molar-refractivity contribution in [3.63, 3.8) is 0 Å². The zero-order valence-corrected chi connectivity index (χ0v) is 6.70. The van der Waals surface area contributed by atoms with Gasteiger partial charge in [0.05, 0.1) is 0 Å². The van der Waals surface area contributed by atoms with Gasteiger partial charge in [0.25, 0.3) is 0 Å². The van der Waals surface area contributed by atoms with Crippen molar-refractivity contribution in [3.05, 3.63) is 48.6 Å². The van der Waals surface area contributed by atoms with Crippen LogP contribution in [0.4, 0.5) is 0 Å². The van der Waals surface area contributed by atoms with Crippen molar-refractivity contribution < 1.29 is 0 Å². The van der Waals surface area contributed by atoms with E-state index in [2.05, 4.69) is 22.4 Å². The molecule has 1 aliphatic rings. The molecule has 0 spiro atoms. The number of nitrogens with zero attached hydrogens (tertiary/aromatic N) is 1. The largest absolute Gasteiger partial charge is 0.368 e. The molecular weight excluding hydrogens is 148 g/mol. The highest BCUT2D eigenvalue weighted by atomic mass is 14.8. The van der Waals surface area contributed by atoms with Gasteiger partial charge >= 0.3 is 0 Å². The molecule has 0 saturated carbocycles. The van der Waals surface area contributed by atoms with E-state index >= 15 is 0 Å². The molecule has 2 rings (SSSR count). The molecular formula is C10H10N2. The van der Waals surface area contributed by atoms with Crippen LogP contribution in [-0.2, 0) is 0 Å². The maximum absolute atomic E-state index is 4.07. The summed E-state index contributed by atoms with van der Waals surface area (Å²) in [6.07, 6.45) is 10.7. The van der Waals surface area contributed by atoms with Gasteiger partial charge in [-0.1, -0.05) is 12.1 Å². The fraction of sp³-hybridized carbons (Fsp3) is 0.100. The molecule has 0 bridgehead atoms. The highest BCUT2D eigenvalue weighted by Gasteiger charge is 2.00. The number of hydrogen-bond acceptors (Lipinski definition) is 2. The van der Waals surface area contributed by atoms with Crippen molar-refractivity contribution in [2.45, 2.75) is 6.42 Å². The summed E-state index contributed by atoms with van der Waals surface area (Å²) in [7, 11) is 0. The molecule has 2 heteroatoms. The van der Waals surface area contributed by atoms with Crippen LogP contribution in [0.3, 0.4) is 0 Å². The first-order valence-electron chi connectivity index (χ1n) is 3.97. The van der Waals surface area contributed by atoms with Gasteiger partial charge in [-0.05, 0) is 29.8 Å². The zero-order valence-electron chi connectivity index (χ0n) is 6.70. The zero-order chi connectivity index (χ0) is 8.23. The van der Waals surface area contributed by atoms with Crippen LogP contribution in [0.2, 0.25) is 0 Å². The molecule has 2 nitrogen and oxygen atoms in total. The van der Waals surface area contributed by atoms with Crippen LogP contribution in [0.1, 0.15) is 12.0 Å².